The van der Waals surface area contributed by atoms with E-state index in [0.29, 0.717) is 0 Å². The average Bonchev–Trinajstić information content (AvgIpc) is 2.17. The minimum absolute atomic E-state index is 0.218. The highest BCUT2D eigenvalue weighted by molar-refractivity contribution is 7.89. The molecule has 0 bridgehead atoms. The van der Waals surface area contributed by atoms with Crippen LogP contribution in [0, 0.1) is 0 Å². The Morgan fingerprint density at radius 1 is 1.38 bits per heavy atom. The number of hydrogen-bond acceptors (Lipinski definition) is 4. The third-order valence-corrected chi connectivity index (χ3v) is 2.72. The first-order chi connectivity index (χ1) is 7.31. The molecule has 0 radical (unpaired) electrons. The van der Waals surface area contributed by atoms with Crippen LogP contribution in [0.3, 0.4) is 0 Å². The summed E-state index contributed by atoms with van der Waals surface area (Å²) >= 11 is 0. The third-order valence-electron chi connectivity index (χ3n) is 1.44. The Kier molecular flexibility index (Phi) is 3.83. The molecule has 1 rings (SSSR count). The zero-order chi connectivity index (χ0) is 12.2. The molecule has 0 aromatic carbocycles. The Bertz CT molecular complexity index is 432. The van der Waals surface area contributed by atoms with E-state index < -0.39 is 22.7 Å². The highest BCUT2D eigenvalue weighted by Gasteiger charge is 2.27. The monoisotopic (exact) mass is 255 g/mol. The maximum absolute atomic E-state index is 11.7. The summed E-state index contributed by atoms with van der Waals surface area (Å²) < 4.78 is 57.8. The SMILES string of the molecule is O=S(=O)(NNCC(F)(F)F)c1cccnc1. The Labute approximate surface area is 89.7 Å². The number of pyridine rings is 1. The van der Waals surface area contributed by atoms with Gasteiger partial charge in [0.15, 0.2) is 0 Å². The van der Waals surface area contributed by atoms with Crippen LogP contribution in [-0.4, -0.2) is 26.1 Å². The number of alkyl halides is 3. The maximum Gasteiger partial charge on any atom is 0.402 e. The van der Waals surface area contributed by atoms with Crippen molar-refractivity contribution in [2.24, 2.45) is 0 Å². The van der Waals surface area contributed by atoms with Crippen molar-refractivity contribution in [2.45, 2.75) is 11.1 Å². The second kappa shape index (κ2) is 4.76. The number of aromatic nitrogens is 1. The van der Waals surface area contributed by atoms with E-state index in [1.54, 1.807) is 10.3 Å². The van der Waals surface area contributed by atoms with Crippen LogP contribution in [0.2, 0.25) is 0 Å². The van der Waals surface area contributed by atoms with Crippen LogP contribution in [0.4, 0.5) is 13.2 Å². The Balaban J connectivity index is 2.61. The molecular formula is C7H8F3N3O2S. The van der Waals surface area contributed by atoms with Gasteiger partial charge >= 0.3 is 6.18 Å². The lowest BCUT2D eigenvalue weighted by molar-refractivity contribution is -0.125. The van der Waals surface area contributed by atoms with Crippen LogP contribution >= 0.6 is 0 Å². The fourth-order valence-corrected chi connectivity index (χ4v) is 1.63. The first-order valence-corrected chi connectivity index (χ1v) is 5.51. The van der Waals surface area contributed by atoms with Gasteiger partial charge in [-0.1, -0.05) is 0 Å². The number of nitrogens with one attached hydrogen (secondary N) is 2. The van der Waals surface area contributed by atoms with Crippen LogP contribution < -0.4 is 10.3 Å². The molecule has 0 unspecified atom stereocenters. The number of hydrogen-bond donors (Lipinski definition) is 2. The van der Waals surface area contributed by atoms with Crippen molar-refractivity contribution >= 4 is 10.0 Å². The van der Waals surface area contributed by atoms with Crippen LogP contribution in [0.15, 0.2) is 29.4 Å². The molecule has 16 heavy (non-hydrogen) atoms. The van der Waals surface area contributed by atoms with Crippen molar-refractivity contribution in [3.63, 3.8) is 0 Å². The Morgan fingerprint density at radius 2 is 2.06 bits per heavy atom. The van der Waals surface area contributed by atoms with E-state index in [1.807, 2.05) is 0 Å². The van der Waals surface area contributed by atoms with Gasteiger partial charge in [0, 0.05) is 12.4 Å². The molecule has 9 heteroatoms. The van der Waals surface area contributed by atoms with Crippen LogP contribution in [-0.2, 0) is 10.0 Å². The van der Waals surface area contributed by atoms with Gasteiger partial charge in [0.2, 0.25) is 0 Å². The summed E-state index contributed by atoms with van der Waals surface area (Å²) in [5.41, 5.74) is 1.57. The van der Waals surface area contributed by atoms with Gasteiger partial charge in [0.1, 0.15) is 11.4 Å². The van der Waals surface area contributed by atoms with Crippen molar-refractivity contribution < 1.29 is 21.6 Å². The van der Waals surface area contributed by atoms with E-state index in [-0.39, 0.29) is 4.90 Å². The molecule has 0 aliphatic rings. The van der Waals surface area contributed by atoms with Gasteiger partial charge in [0.25, 0.3) is 10.0 Å². The maximum atomic E-state index is 11.7. The summed E-state index contributed by atoms with van der Waals surface area (Å²) in [6, 6.07) is 2.57. The summed E-state index contributed by atoms with van der Waals surface area (Å²) in [4.78, 5) is 4.91. The molecule has 0 amide bonds. The lowest BCUT2D eigenvalue weighted by atomic mass is 10.5. The highest BCUT2D eigenvalue weighted by atomic mass is 32.2. The topological polar surface area (TPSA) is 71.1 Å². The molecule has 1 heterocycles. The molecule has 0 atom stereocenters. The summed E-state index contributed by atoms with van der Waals surface area (Å²) in [5.74, 6) is 0. The lowest BCUT2D eigenvalue weighted by Crippen LogP contribution is -2.42. The van der Waals surface area contributed by atoms with Gasteiger partial charge in [-0.25, -0.2) is 13.8 Å². The first kappa shape index (κ1) is 12.9. The van der Waals surface area contributed by atoms with Gasteiger partial charge in [-0.3, -0.25) is 4.98 Å². The fourth-order valence-electron chi connectivity index (χ4n) is 0.796. The summed E-state index contributed by atoms with van der Waals surface area (Å²) in [6.07, 6.45) is -2.11. The second-order valence-corrected chi connectivity index (χ2v) is 4.45. The van der Waals surface area contributed by atoms with E-state index >= 15 is 0 Å². The molecule has 1 aromatic heterocycles. The van der Waals surface area contributed by atoms with E-state index in [2.05, 4.69) is 4.98 Å². The van der Waals surface area contributed by atoms with Crippen LogP contribution in [0.5, 0.6) is 0 Å². The number of rotatable bonds is 4. The largest absolute Gasteiger partial charge is 0.402 e. The number of sulfonamides is 1. The predicted octanol–water partition coefficient (Wildman–Crippen LogP) is 0.427. The second-order valence-electron chi connectivity index (χ2n) is 2.76. The van der Waals surface area contributed by atoms with E-state index in [0.717, 1.165) is 6.20 Å². The van der Waals surface area contributed by atoms with E-state index in [9.17, 15) is 21.6 Å². The molecule has 0 spiro atoms. The predicted molar refractivity (Wildman–Crippen MR) is 48.6 cm³/mol. The number of hydrazine groups is 1. The summed E-state index contributed by atoms with van der Waals surface area (Å²) in [6.45, 7) is -1.45. The fraction of sp³-hybridized carbons (Fsp3) is 0.286. The van der Waals surface area contributed by atoms with Crippen molar-refractivity contribution in [3.05, 3.63) is 24.5 Å². The Hall–Kier alpha value is -1.19. The molecule has 5 nitrogen and oxygen atoms in total. The standard InChI is InChI=1S/C7H8F3N3O2S/c8-7(9,10)5-12-13-16(14,15)6-2-1-3-11-4-6/h1-4,12-13H,5H2. The molecule has 0 saturated heterocycles. The molecule has 0 fully saturated rings. The minimum atomic E-state index is -4.49. The van der Waals surface area contributed by atoms with Crippen molar-refractivity contribution in [2.75, 3.05) is 6.54 Å². The molecule has 1 aromatic rings. The van der Waals surface area contributed by atoms with E-state index in [4.69, 9.17) is 0 Å². The van der Waals surface area contributed by atoms with Gasteiger partial charge in [-0.2, -0.15) is 13.2 Å². The van der Waals surface area contributed by atoms with Crippen LogP contribution in [0.1, 0.15) is 0 Å². The molecule has 2 N–H and O–H groups in total. The van der Waals surface area contributed by atoms with Gasteiger partial charge in [0.05, 0.1) is 0 Å². The quantitative estimate of drug-likeness (QED) is 0.765. The van der Waals surface area contributed by atoms with Crippen molar-refractivity contribution in [1.82, 2.24) is 15.2 Å². The Morgan fingerprint density at radius 3 is 2.56 bits per heavy atom. The zero-order valence-electron chi connectivity index (χ0n) is 7.82. The van der Waals surface area contributed by atoms with Crippen LogP contribution in [0.25, 0.3) is 0 Å². The summed E-state index contributed by atoms with van der Waals surface area (Å²) in [7, 11) is -4.01. The first-order valence-electron chi connectivity index (χ1n) is 4.03. The smallest absolute Gasteiger partial charge is 0.263 e. The van der Waals surface area contributed by atoms with Gasteiger partial charge in [-0.05, 0) is 12.1 Å². The number of halogens is 3. The third kappa shape index (κ3) is 4.13. The molecule has 0 aliphatic carbocycles. The van der Waals surface area contributed by atoms with E-state index in [1.165, 1.54) is 18.3 Å². The van der Waals surface area contributed by atoms with Gasteiger partial charge < -0.3 is 0 Å². The van der Waals surface area contributed by atoms with Crippen molar-refractivity contribution in [1.29, 1.82) is 0 Å². The molecular weight excluding hydrogens is 247 g/mol. The zero-order valence-corrected chi connectivity index (χ0v) is 8.64. The minimum Gasteiger partial charge on any atom is -0.263 e. The highest BCUT2D eigenvalue weighted by Crippen LogP contribution is 2.12. The normalized spacial score (nSPS) is 12.7. The molecule has 0 saturated carbocycles. The van der Waals surface area contributed by atoms with Gasteiger partial charge in [-0.15, -0.1) is 4.83 Å². The van der Waals surface area contributed by atoms with Crippen molar-refractivity contribution in [3.8, 4) is 0 Å². The molecule has 0 aliphatic heterocycles. The number of nitrogens with zero attached hydrogens (tertiary/aromatic N) is 1. The average molecular weight is 255 g/mol. The lowest BCUT2D eigenvalue weighted by Gasteiger charge is -2.09. The molecule has 90 valence electrons. The summed E-state index contributed by atoms with van der Waals surface area (Å²) in [5, 5.41) is 0.